The topological polar surface area (TPSA) is 128 Å². The predicted molar refractivity (Wildman–Crippen MR) is 132 cm³/mol. The zero-order chi connectivity index (χ0) is 27.6. The number of esters is 1. The molecule has 3 amide bonds. The zero-order valence-corrected chi connectivity index (χ0v) is 24.0. The fraction of sp³-hybridized carbons (Fsp3) is 0.792. The number of amides is 3. The fourth-order valence-electron chi connectivity index (χ4n) is 2.96. The largest absolute Gasteiger partial charge is 0.453 e. The molecule has 0 radical (unpaired) electrons. The van der Waals surface area contributed by atoms with E-state index in [0.717, 1.165) is 4.90 Å². The Morgan fingerprint density at radius 1 is 0.914 bits per heavy atom. The van der Waals surface area contributed by atoms with E-state index in [1.165, 1.54) is 0 Å². The molecule has 1 aliphatic rings. The number of hydrogen-bond donors (Lipinski definition) is 1. The number of likely N-dealkylation sites (tertiary alicyclic amines) is 1. The molecule has 0 aromatic rings. The summed E-state index contributed by atoms with van der Waals surface area (Å²) in [5, 5.41) is 2.39. The van der Waals surface area contributed by atoms with Gasteiger partial charge >= 0.3 is 18.0 Å². The molecule has 10 nitrogen and oxygen atoms in total. The number of carbonyl (C=O) groups excluding carboxylic acids is 5. The van der Waals surface area contributed by atoms with E-state index < -0.39 is 55.5 Å². The normalized spacial score (nSPS) is 19.1. The van der Waals surface area contributed by atoms with Crippen molar-refractivity contribution in [2.75, 3.05) is 6.61 Å². The molecule has 0 spiro atoms. The number of hydrogen-bond acceptors (Lipinski definition) is 8. The minimum atomic E-state index is -2.13. The zero-order valence-electron chi connectivity index (χ0n) is 23.0. The second kappa shape index (κ2) is 10.8. The number of ketones is 1. The van der Waals surface area contributed by atoms with E-state index in [0.29, 0.717) is 0 Å². The monoisotopic (exact) mass is 514 g/mol. The van der Waals surface area contributed by atoms with E-state index in [1.807, 2.05) is 13.1 Å². The second-order valence-electron chi connectivity index (χ2n) is 12.3. The lowest BCUT2D eigenvalue weighted by atomic mass is 9.90. The van der Waals surface area contributed by atoms with Gasteiger partial charge in [-0.3, -0.25) is 19.3 Å². The van der Waals surface area contributed by atoms with E-state index in [1.54, 1.807) is 41.5 Å². The Bertz CT molecular complexity index is 849. The van der Waals surface area contributed by atoms with E-state index in [-0.39, 0.29) is 30.3 Å². The van der Waals surface area contributed by atoms with Crippen LogP contribution in [0.3, 0.4) is 0 Å². The lowest BCUT2D eigenvalue weighted by Crippen LogP contribution is -2.73. The van der Waals surface area contributed by atoms with E-state index >= 15 is 0 Å². The highest BCUT2D eigenvalue weighted by molar-refractivity contribution is 6.74. The number of ether oxygens (including phenoxy) is 2. The minimum absolute atomic E-state index is 0.00281. The van der Waals surface area contributed by atoms with Crippen LogP contribution in [0.1, 0.15) is 75.2 Å². The molecule has 11 heteroatoms. The molecule has 1 aliphatic heterocycles. The standard InChI is InChI=1S/C24H42N2O8Si/c1-22(2,3)33-20(30)19(29)26-16(17(18(26)28)25-21(31)34-23(4,5)6)13-12-15(27)14-32-35(10,11)24(7,8)9/h16-17H,12-14H2,1-11H3,(H,25,31). The molecule has 0 saturated carbocycles. The summed E-state index contributed by atoms with van der Waals surface area (Å²) in [6, 6.07) is -2.00. The minimum Gasteiger partial charge on any atom is -0.453 e. The van der Waals surface area contributed by atoms with Gasteiger partial charge in [-0.25, -0.2) is 9.59 Å². The third-order valence-corrected chi connectivity index (χ3v) is 10.3. The van der Waals surface area contributed by atoms with Gasteiger partial charge in [0, 0.05) is 6.42 Å². The Labute approximate surface area is 209 Å². The maximum atomic E-state index is 12.7. The van der Waals surface area contributed by atoms with E-state index in [9.17, 15) is 24.0 Å². The van der Waals surface area contributed by atoms with Gasteiger partial charge in [-0.1, -0.05) is 20.8 Å². The summed E-state index contributed by atoms with van der Waals surface area (Å²) >= 11 is 0. The van der Waals surface area contributed by atoms with Gasteiger partial charge in [-0.15, -0.1) is 0 Å². The molecule has 0 aromatic carbocycles. The van der Waals surface area contributed by atoms with Crippen molar-refractivity contribution in [2.45, 2.75) is 117 Å². The van der Waals surface area contributed by atoms with Crippen LogP contribution >= 0.6 is 0 Å². The smallest absolute Gasteiger partial charge is 0.408 e. The van der Waals surface area contributed by atoms with Gasteiger partial charge in [0.25, 0.3) is 5.91 Å². The summed E-state index contributed by atoms with van der Waals surface area (Å²) in [6.07, 6.45) is -0.782. The lowest BCUT2D eigenvalue weighted by Gasteiger charge is -2.45. The summed E-state index contributed by atoms with van der Waals surface area (Å²) in [7, 11) is -2.13. The van der Waals surface area contributed by atoms with Crippen molar-refractivity contribution in [1.82, 2.24) is 10.2 Å². The first-order chi connectivity index (χ1) is 15.6. The summed E-state index contributed by atoms with van der Waals surface area (Å²) in [4.78, 5) is 63.2. The number of nitrogens with zero attached hydrogens (tertiary/aromatic N) is 1. The highest BCUT2D eigenvalue weighted by Gasteiger charge is 2.53. The van der Waals surface area contributed by atoms with Crippen molar-refractivity contribution in [3.8, 4) is 0 Å². The van der Waals surface area contributed by atoms with Crippen molar-refractivity contribution in [3.63, 3.8) is 0 Å². The van der Waals surface area contributed by atoms with Crippen LogP contribution in [0.2, 0.25) is 18.1 Å². The van der Waals surface area contributed by atoms with E-state index in [4.69, 9.17) is 13.9 Å². The van der Waals surface area contributed by atoms with Crippen LogP contribution in [0.25, 0.3) is 0 Å². The molecule has 1 saturated heterocycles. The van der Waals surface area contributed by atoms with Crippen LogP contribution in [0.15, 0.2) is 0 Å². The molecular weight excluding hydrogens is 472 g/mol. The predicted octanol–water partition coefficient (Wildman–Crippen LogP) is 3.33. The van der Waals surface area contributed by atoms with Crippen molar-refractivity contribution in [1.29, 1.82) is 0 Å². The van der Waals surface area contributed by atoms with Gasteiger partial charge in [-0.05, 0) is 66.1 Å². The van der Waals surface area contributed by atoms with Crippen molar-refractivity contribution >= 4 is 38.0 Å². The van der Waals surface area contributed by atoms with Gasteiger partial charge in [0.15, 0.2) is 14.1 Å². The average Bonchev–Trinajstić information content (AvgIpc) is 2.63. The number of rotatable bonds is 7. The summed E-state index contributed by atoms with van der Waals surface area (Å²) in [5.74, 6) is -3.28. The Hall–Kier alpha value is -2.27. The van der Waals surface area contributed by atoms with Crippen LogP contribution in [0.5, 0.6) is 0 Å². The van der Waals surface area contributed by atoms with Crippen molar-refractivity contribution < 1.29 is 37.9 Å². The molecule has 2 unspecified atom stereocenters. The van der Waals surface area contributed by atoms with Crippen molar-refractivity contribution in [3.05, 3.63) is 0 Å². The summed E-state index contributed by atoms with van der Waals surface area (Å²) < 4.78 is 16.2. The summed E-state index contributed by atoms with van der Waals surface area (Å²) in [6.45, 7) is 20.0. The third kappa shape index (κ3) is 9.03. The SMILES string of the molecule is CC(C)(C)OC(=O)NC1C(=O)N(C(=O)C(=O)OC(C)(C)C)C1CCC(=O)CO[Si](C)(C)C(C)(C)C. The molecule has 200 valence electrons. The van der Waals surface area contributed by atoms with Crippen LogP contribution in [0, 0.1) is 0 Å². The molecule has 1 fully saturated rings. The Balaban J connectivity index is 2.94. The average molecular weight is 515 g/mol. The molecule has 35 heavy (non-hydrogen) atoms. The van der Waals surface area contributed by atoms with Gasteiger partial charge in [-0.2, -0.15) is 0 Å². The third-order valence-electron chi connectivity index (χ3n) is 5.80. The quantitative estimate of drug-likeness (QED) is 0.237. The highest BCUT2D eigenvalue weighted by atomic mass is 28.4. The number of imide groups is 1. The van der Waals surface area contributed by atoms with Crippen LogP contribution in [0.4, 0.5) is 4.79 Å². The number of alkyl carbamates (subject to hydrolysis) is 1. The molecular formula is C24H42N2O8Si. The van der Waals surface area contributed by atoms with Crippen LogP contribution < -0.4 is 5.32 Å². The lowest BCUT2D eigenvalue weighted by molar-refractivity contribution is -0.178. The highest BCUT2D eigenvalue weighted by Crippen LogP contribution is 2.36. The molecule has 0 aliphatic carbocycles. The Kier molecular flexibility index (Phi) is 9.47. The van der Waals surface area contributed by atoms with Gasteiger partial charge in [0.2, 0.25) is 0 Å². The maximum absolute atomic E-state index is 12.7. The molecule has 0 bridgehead atoms. The number of β-lactam (4-membered cyclic amide) rings is 1. The van der Waals surface area contributed by atoms with Crippen LogP contribution in [-0.4, -0.2) is 72.8 Å². The molecule has 1 rings (SSSR count). The maximum Gasteiger partial charge on any atom is 0.408 e. The van der Waals surface area contributed by atoms with Gasteiger partial charge < -0.3 is 19.2 Å². The number of Topliss-reactive ketones (excluding diaryl/α,β-unsaturated/α-hetero) is 1. The van der Waals surface area contributed by atoms with E-state index in [2.05, 4.69) is 26.1 Å². The van der Waals surface area contributed by atoms with Gasteiger partial charge in [0.1, 0.15) is 17.2 Å². The number of carbonyl (C=O) groups is 5. The fourth-order valence-corrected chi connectivity index (χ4v) is 3.92. The molecule has 1 N–H and O–H groups in total. The van der Waals surface area contributed by atoms with Crippen LogP contribution in [-0.2, 0) is 33.1 Å². The Morgan fingerprint density at radius 3 is 1.89 bits per heavy atom. The molecule has 0 aromatic heterocycles. The Morgan fingerprint density at radius 2 is 1.43 bits per heavy atom. The second-order valence-corrected chi connectivity index (χ2v) is 17.1. The van der Waals surface area contributed by atoms with Gasteiger partial charge in [0.05, 0.1) is 12.6 Å². The summed E-state index contributed by atoms with van der Waals surface area (Å²) in [5.41, 5.74) is -1.73. The first-order valence-corrected chi connectivity index (χ1v) is 14.7. The van der Waals surface area contributed by atoms with Crippen molar-refractivity contribution in [2.24, 2.45) is 0 Å². The first kappa shape index (κ1) is 30.8. The molecule has 2 atom stereocenters. The first-order valence-electron chi connectivity index (χ1n) is 11.8. The number of nitrogens with one attached hydrogen (secondary N) is 1. The molecule has 1 heterocycles.